The van der Waals surface area contributed by atoms with E-state index in [9.17, 15) is 10.1 Å². The number of benzene rings is 2. The molecule has 1 heterocycles. The van der Waals surface area contributed by atoms with Crippen LogP contribution in [0.4, 0.5) is 5.69 Å². The van der Waals surface area contributed by atoms with Crippen LogP contribution < -0.4 is 4.74 Å². The van der Waals surface area contributed by atoms with Gasteiger partial charge in [-0.1, -0.05) is 12.1 Å². The van der Waals surface area contributed by atoms with Crippen molar-refractivity contribution in [2.45, 2.75) is 30.6 Å². The van der Waals surface area contributed by atoms with E-state index in [-0.39, 0.29) is 28.3 Å². The normalized spacial score (nSPS) is 10.4. The largest absolute Gasteiger partial charge is 0.484 e. The molecule has 2 aromatic carbocycles. The molecule has 0 radical (unpaired) electrons. The van der Waals surface area contributed by atoms with Crippen LogP contribution in [0.25, 0.3) is 0 Å². The molecule has 0 saturated carbocycles. The maximum absolute atomic E-state index is 11.2. The SMILES string of the molecule is Cc1ccc(C)c(OCc2nnc(Sc3cc(C#N)ccc3[N+](=O)[O-])o2)c1. The molecular formula is C18H14N4O4S. The van der Waals surface area contributed by atoms with Crippen LogP contribution in [0, 0.1) is 35.3 Å². The van der Waals surface area contributed by atoms with E-state index in [2.05, 4.69) is 10.2 Å². The summed E-state index contributed by atoms with van der Waals surface area (Å²) >= 11 is 0.932. The van der Waals surface area contributed by atoms with Gasteiger partial charge < -0.3 is 9.15 Å². The zero-order chi connectivity index (χ0) is 19.4. The molecule has 0 atom stereocenters. The summed E-state index contributed by atoms with van der Waals surface area (Å²) in [6.45, 7) is 3.99. The van der Waals surface area contributed by atoms with E-state index in [1.165, 1.54) is 18.2 Å². The Morgan fingerprint density at radius 2 is 2.07 bits per heavy atom. The summed E-state index contributed by atoms with van der Waals surface area (Å²) in [6.07, 6.45) is 0. The minimum Gasteiger partial charge on any atom is -0.484 e. The fourth-order valence-corrected chi connectivity index (χ4v) is 3.09. The number of rotatable bonds is 6. The Morgan fingerprint density at radius 1 is 1.26 bits per heavy atom. The third-order valence-electron chi connectivity index (χ3n) is 3.63. The van der Waals surface area contributed by atoms with Crippen molar-refractivity contribution in [1.29, 1.82) is 5.26 Å². The third kappa shape index (κ3) is 4.43. The molecule has 27 heavy (non-hydrogen) atoms. The van der Waals surface area contributed by atoms with Gasteiger partial charge in [0.25, 0.3) is 16.8 Å². The van der Waals surface area contributed by atoms with Gasteiger partial charge in [0.2, 0.25) is 0 Å². The lowest BCUT2D eigenvalue weighted by Gasteiger charge is -2.07. The van der Waals surface area contributed by atoms with Gasteiger partial charge in [0.1, 0.15) is 5.75 Å². The molecule has 1 aromatic heterocycles. The first-order valence-corrected chi connectivity index (χ1v) is 8.66. The van der Waals surface area contributed by atoms with E-state index in [0.717, 1.165) is 28.6 Å². The standard InChI is InChI=1S/C18H14N4O4S/c1-11-3-4-12(2)15(7-11)25-10-17-20-21-18(26-17)27-16-8-13(9-19)5-6-14(16)22(23)24/h3-8H,10H2,1-2H3. The summed E-state index contributed by atoms with van der Waals surface area (Å²) in [5.41, 5.74) is 2.23. The van der Waals surface area contributed by atoms with Crippen molar-refractivity contribution < 1.29 is 14.1 Å². The molecule has 0 bridgehead atoms. The molecule has 0 spiro atoms. The highest BCUT2D eigenvalue weighted by atomic mass is 32.2. The Labute approximate surface area is 158 Å². The second-order valence-corrected chi connectivity index (χ2v) is 6.67. The Bertz CT molecular complexity index is 1040. The second kappa shape index (κ2) is 7.88. The second-order valence-electron chi connectivity index (χ2n) is 5.67. The van der Waals surface area contributed by atoms with Gasteiger partial charge in [-0.3, -0.25) is 10.1 Å². The highest BCUT2D eigenvalue weighted by molar-refractivity contribution is 7.99. The van der Waals surface area contributed by atoms with Crippen molar-refractivity contribution in [1.82, 2.24) is 10.2 Å². The molecule has 0 aliphatic carbocycles. The van der Waals surface area contributed by atoms with E-state index >= 15 is 0 Å². The number of nitrogens with zero attached hydrogens (tertiary/aromatic N) is 4. The van der Waals surface area contributed by atoms with Gasteiger partial charge in [-0.05, 0) is 54.9 Å². The lowest BCUT2D eigenvalue weighted by molar-refractivity contribution is -0.387. The predicted molar refractivity (Wildman–Crippen MR) is 96.5 cm³/mol. The number of aryl methyl sites for hydroxylation is 2. The summed E-state index contributed by atoms with van der Waals surface area (Å²) in [7, 11) is 0. The highest BCUT2D eigenvalue weighted by Crippen LogP contribution is 2.34. The minimum absolute atomic E-state index is 0.0815. The Morgan fingerprint density at radius 3 is 2.81 bits per heavy atom. The molecule has 0 amide bonds. The Hall–Kier alpha value is -3.38. The van der Waals surface area contributed by atoms with Crippen molar-refractivity contribution in [3.8, 4) is 11.8 Å². The smallest absolute Gasteiger partial charge is 0.283 e. The zero-order valence-corrected chi connectivity index (χ0v) is 15.3. The van der Waals surface area contributed by atoms with Crippen LogP contribution in [0.5, 0.6) is 5.75 Å². The molecular weight excluding hydrogens is 368 g/mol. The third-order valence-corrected chi connectivity index (χ3v) is 4.51. The Balaban J connectivity index is 1.74. The van der Waals surface area contributed by atoms with E-state index in [1.807, 2.05) is 38.1 Å². The summed E-state index contributed by atoms with van der Waals surface area (Å²) in [4.78, 5) is 10.9. The van der Waals surface area contributed by atoms with Crippen LogP contribution in [0.1, 0.15) is 22.6 Å². The van der Waals surface area contributed by atoms with Crippen molar-refractivity contribution in [2.24, 2.45) is 0 Å². The number of nitro groups is 1. The van der Waals surface area contributed by atoms with Gasteiger partial charge in [-0.25, -0.2) is 0 Å². The monoisotopic (exact) mass is 382 g/mol. The number of hydrogen-bond acceptors (Lipinski definition) is 8. The average Bonchev–Trinajstić information content (AvgIpc) is 3.09. The van der Waals surface area contributed by atoms with Crippen LogP contribution in [0.15, 0.2) is 50.9 Å². The molecule has 0 unspecified atom stereocenters. The fraction of sp³-hybridized carbons (Fsp3) is 0.167. The lowest BCUT2D eigenvalue weighted by atomic mass is 10.1. The highest BCUT2D eigenvalue weighted by Gasteiger charge is 2.19. The first-order chi connectivity index (χ1) is 13.0. The van der Waals surface area contributed by atoms with Gasteiger partial charge in [0.15, 0.2) is 6.61 Å². The van der Waals surface area contributed by atoms with Crippen LogP contribution in [0.2, 0.25) is 0 Å². The number of aromatic nitrogens is 2. The number of nitriles is 1. The molecule has 0 N–H and O–H groups in total. The number of nitro benzene ring substituents is 1. The first-order valence-electron chi connectivity index (χ1n) is 7.85. The molecule has 136 valence electrons. The maximum atomic E-state index is 11.2. The molecule has 0 aliphatic rings. The molecule has 0 aliphatic heterocycles. The molecule has 0 fully saturated rings. The van der Waals surface area contributed by atoms with Crippen LogP contribution in [0.3, 0.4) is 0 Å². The molecule has 8 nitrogen and oxygen atoms in total. The quantitative estimate of drug-likeness (QED) is 0.460. The zero-order valence-electron chi connectivity index (χ0n) is 14.5. The Kier molecular flexibility index (Phi) is 5.38. The number of ether oxygens (including phenoxy) is 1. The van der Waals surface area contributed by atoms with E-state index in [0.29, 0.717) is 5.56 Å². The summed E-state index contributed by atoms with van der Waals surface area (Å²) in [5, 5.41) is 28.1. The van der Waals surface area contributed by atoms with Gasteiger partial charge in [0.05, 0.1) is 21.5 Å². The molecule has 9 heteroatoms. The van der Waals surface area contributed by atoms with Crippen molar-refractivity contribution in [3.63, 3.8) is 0 Å². The van der Waals surface area contributed by atoms with Gasteiger partial charge >= 0.3 is 0 Å². The summed E-state index contributed by atoms with van der Waals surface area (Å²) in [5.74, 6) is 0.970. The molecule has 3 aromatic rings. The minimum atomic E-state index is -0.523. The topological polar surface area (TPSA) is 115 Å². The van der Waals surface area contributed by atoms with Crippen molar-refractivity contribution in [3.05, 3.63) is 69.1 Å². The summed E-state index contributed by atoms with van der Waals surface area (Å²) in [6, 6.07) is 11.9. The van der Waals surface area contributed by atoms with Crippen LogP contribution >= 0.6 is 11.8 Å². The van der Waals surface area contributed by atoms with E-state index in [4.69, 9.17) is 14.4 Å². The summed E-state index contributed by atoms with van der Waals surface area (Å²) < 4.78 is 11.2. The van der Waals surface area contributed by atoms with Crippen molar-refractivity contribution >= 4 is 17.4 Å². The fourth-order valence-electron chi connectivity index (χ4n) is 2.25. The van der Waals surface area contributed by atoms with Crippen LogP contribution in [-0.2, 0) is 6.61 Å². The average molecular weight is 382 g/mol. The van der Waals surface area contributed by atoms with Gasteiger partial charge in [-0.15, -0.1) is 10.2 Å². The number of hydrogen-bond donors (Lipinski definition) is 0. The first kappa shape index (κ1) is 18.4. The van der Waals surface area contributed by atoms with Gasteiger partial charge in [0, 0.05) is 6.07 Å². The lowest BCUT2D eigenvalue weighted by Crippen LogP contribution is -1.97. The van der Waals surface area contributed by atoms with E-state index in [1.54, 1.807) is 0 Å². The van der Waals surface area contributed by atoms with E-state index < -0.39 is 4.92 Å². The molecule has 3 rings (SSSR count). The van der Waals surface area contributed by atoms with Gasteiger partial charge in [-0.2, -0.15) is 5.26 Å². The molecule has 0 saturated heterocycles. The van der Waals surface area contributed by atoms with Crippen molar-refractivity contribution in [2.75, 3.05) is 0 Å². The predicted octanol–water partition coefficient (Wildman–Crippen LogP) is 4.20. The van der Waals surface area contributed by atoms with Crippen LogP contribution in [-0.4, -0.2) is 15.1 Å². The maximum Gasteiger partial charge on any atom is 0.283 e.